The Morgan fingerprint density at radius 2 is 1.73 bits per heavy atom. The summed E-state index contributed by atoms with van der Waals surface area (Å²) in [5, 5.41) is 12.2. The molecule has 1 N–H and O–H groups in total. The van der Waals surface area contributed by atoms with Gasteiger partial charge in [0.2, 0.25) is 5.78 Å². The molecule has 0 fully saturated rings. The second kappa shape index (κ2) is 9.67. The van der Waals surface area contributed by atoms with Gasteiger partial charge in [-0.2, -0.15) is 0 Å². The number of aliphatic hydroxyl groups is 1. The lowest BCUT2D eigenvalue weighted by atomic mass is 9.94. The summed E-state index contributed by atoms with van der Waals surface area (Å²) in [6.07, 6.45) is 0.831. The minimum Gasteiger partial charge on any atom is -0.503 e. The maximum atomic E-state index is 13.8. The number of carbonyl (C=O) groups excluding carboxylic acids is 2. The average molecular weight is 518 g/mol. The van der Waals surface area contributed by atoms with Gasteiger partial charge in [0.25, 0.3) is 5.91 Å². The number of rotatable bonds is 7. The molecule has 188 valence electrons. The van der Waals surface area contributed by atoms with Crippen LogP contribution in [0, 0.1) is 0 Å². The smallest absolute Gasteiger partial charge is 0.294 e. The summed E-state index contributed by atoms with van der Waals surface area (Å²) in [7, 11) is 3.01. The van der Waals surface area contributed by atoms with Crippen molar-refractivity contribution in [1.29, 1.82) is 0 Å². The highest BCUT2D eigenvalue weighted by atomic mass is 35.5. The van der Waals surface area contributed by atoms with Crippen LogP contribution in [0.4, 0.5) is 5.69 Å². The highest BCUT2D eigenvalue weighted by Gasteiger charge is 2.45. The molecule has 1 aliphatic heterocycles. The fourth-order valence-corrected chi connectivity index (χ4v) is 4.77. The number of furan rings is 1. The number of nitrogens with zero attached hydrogens (tertiary/aromatic N) is 1. The highest BCUT2D eigenvalue weighted by Crippen LogP contribution is 2.44. The molecule has 1 atom stereocenters. The lowest BCUT2D eigenvalue weighted by Crippen LogP contribution is -2.31. The summed E-state index contributed by atoms with van der Waals surface area (Å²) in [5.74, 6) is -1.05. The van der Waals surface area contributed by atoms with Crippen molar-refractivity contribution in [2.45, 2.75) is 19.4 Å². The van der Waals surface area contributed by atoms with Crippen LogP contribution in [-0.2, 0) is 11.2 Å². The predicted molar refractivity (Wildman–Crippen MR) is 141 cm³/mol. The second-order valence-electron chi connectivity index (χ2n) is 8.60. The van der Waals surface area contributed by atoms with E-state index < -0.39 is 23.5 Å². The Labute approximate surface area is 218 Å². The first-order chi connectivity index (χ1) is 17.9. The van der Waals surface area contributed by atoms with E-state index in [9.17, 15) is 14.7 Å². The Hall–Kier alpha value is -4.23. The quantitative estimate of drug-likeness (QED) is 0.283. The zero-order valence-corrected chi connectivity index (χ0v) is 21.2. The van der Waals surface area contributed by atoms with E-state index in [4.69, 9.17) is 25.5 Å². The number of ether oxygens (including phenoxy) is 2. The Kier molecular flexibility index (Phi) is 6.39. The molecular formula is C29H24ClNO6. The molecule has 37 heavy (non-hydrogen) atoms. The molecule has 0 spiro atoms. The van der Waals surface area contributed by atoms with Crippen molar-refractivity contribution in [1.82, 2.24) is 0 Å². The predicted octanol–water partition coefficient (Wildman–Crippen LogP) is 6.45. The third-order valence-corrected chi connectivity index (χ3v) is 6.74. The van der Waals surface area contributed by atoms with Crippen LogP contribution in [0.15, 0.2) is 82.5 Å². The van der Waals surface area contributed by atoms with E-state index >= 15 is 0 Å². The van der Waals surface area contributed by atoms with E-state index in [1.54, 1.807) is 42.5 Å². The van der Waals surface area contributed by atoms with Crippen molar-refractivity contribution >= 4 is 39.9 Å². The Morgan fingerprint density at radius 3 is 2.41 bits per heavy atom. The van der Waals surface area contributed by atoms with Gasteiger partial charge in [-0.3, -0.25) is 14.5 Å². The number of Topliss-reactive ketones (excluding diaryl/α,β-unsaturated/α-hetero) is 1. The molecule has 0 radical (unpaired) electrons. The van der Waals surface area contributed by atoms with E-state index in [0.29, 0.717) is 38.7 Å². The fourth-order valence-electron chi connectivity index (χ4n) is 4.59. The van der Waals surface area contributed by atoms with Gasteiger partial charge in [0.1, 0.15) is 5.58 Å². The van der Waals surface area contributed by atoms with Gasteiger partial charge in [-0.15, -0.1) is 0 Å². The number of benzene rings is 3. The van der Waals surface area contributed by atoms with Crippen LogP contribution in [0.5, 0.6) is 11.5 Å². The highest BCUT2D eigenvalue weighted by molar-refractivity contribution is 6.31. The maximum absolute atomic E-state index is 13.8. The van der Waals surface area contributed by atoms with Crippen LogP contribution >= 0.6 is 11.6 Å². The lowest BCUT2D eigenvalue weighted by Gasteiger charge is -2.27. The van der Waals surface area contributed by atoms with E-state index in [1.807, 2.05) is 31.2 Å². The Morgan fingerprint density at radius 1 is 1.00 bits per heavy atom. The van der Waals surface area contributed by atoms with E-state index in [0.717, 1.165) is 12.0 Å². The third-order valence-electron chi connectivity index (χ3n) is 6.50. The minimum atomic E-state index is -0.902. The van der Waals surface area contributed by atoms with Gasteiger partial charge in [0, 0.05) is 22.2 Å². The van der Waals surface area contributed by atoms with Crippen LogP contribution < -0.4 is 14.4 Å². The largest absolute Gasteiger partial charge is 0.503 e. The van der Waals surface area contributed by atoms with Crippen LogP contribution in [0.2, 0.25) is 5.02 Å². The first-order valence-corrected chi connectivity index (χ1v) is 12.1. The first-order valence-electron chi connectivity index (χ1n) is 11.7. The molecule has 1 aromatic heterocycles. The van der Waals surface area contributed by atoms with Gasteiger partial charge in [-0.1, -0.05) is 42.8 Å². The number of aliphatic hydroxyl groups excluding tert-OH is 1. The molecule has 4 aromatic rings. The molecule has 0 aliphatic carbocycles. The normalized spacial score (nSPS) is 15.5. The summed E-state index contributed by atoms with van der Waals surface area (Å²) >= 11 is 6.09. The zero-order chi connectivity index (χ0) is 26.3. The van der Waals surface area contributed by atoms with Crippen molar-refractivity contribution in [2.24, 2.45) is 0 Å². The fraction of sp³-hybridized carbons (Fsp3) is 0.172. The number of halogens is 1. The number of ketones is 1. The molecule has 3 aromatic carbocycles. The monoisotopic (exact) mass is 517 g/mol. The third kappa shape index (κ3) is 4.21. The molecule has 7 nitrogen and oxygen atoms in total. The van der Waals surface area contributed by atoms with Crippen molar-refractivity contribution in [3.63, 3.8) is 0 Å². The van der Waals surface area contributed by atoms with E-state index in [1.165, 1.54) is 19.1 Å². The molecule has 0 bridgehead atoms. The second-order valence-corrected chi connectivity index (χ2v) is 9.03. The molecule has 2 heterocycles. The minimum absolute atomic E-state index is 0.00374. The topological polar surface area (TPSA) is 89.2 Å². The molecule has 8 heteroatoms. The molecule has 5 rings (SSSR count). The SMILES string of the molecule is CCc1ccc(C2C(C(=O)c3cc4cc(Cl)ccc4o3)=C(O)C(=O)N2c2ccc(OC)c(OC)c2)cc1. The van der Waals surface area contributed by atoms with Gasteiger partial charge in [-0.05, 0) is 53.9 Å². The van der Waals surface area contributed by atoms with Gasteiger partial charge in [0.05, 0.1) is 25.8 Å². The van der Waals surface area contributed by atoms with Gasteiger partial charge in [-0.25, -0.2) is 0 Å². The van der Waals surface area contributed by atoms with Crippen LogP contribution in [-0.4, -0.2) is 31.0 Å². The molecule has 1 aliphatic rings. The number of aryl methyl sites for hydroxylation is 1. The number of methoxy groups -OCH3 is 2. The van der Waals surface area contributed by atoms with Gasteiger partial charge >= 0.3 is 0 Å². The number of carbonyl (C=O) groups is 2. The molecule has 0 saturated carbocycles. The van der Waals surface area contributed by atoms with E-state index in [2.05, 4.69) is 0 Å². The number of hydrogen-bond donors (Lipinski definition) is 1. The van der Waals surface area contributed by atoms with Crippen molar-refractivity contribution < 1.29 is 28.6 Å². The molecular weight excluding hydrogens is 494 g/mol. The zero-order valence-electron chi connectivity index (χ0n) is 20.4. The van der Waals surface area contributed by atoms with Crippen LogP contribution in [0.3, 0.4) is 0 Å². The number of amides is 1. The van der Waals surface area contributed by atoms with E-state index in [-0.39, 0.29) is 11.3 Å². The summed E-state index contributed by atoms with van der Waals surface area (Å²) in [5.41, 5.74) is 2.58. The maximum Gasteiger partial charge on any atom is 0.294 e. The van der Waals surface area contributed by atoms with Gasteiger partial charge < -0.3 is 19.0 Å². The average Bonchev–Trinajstić information content (AvgIpc) is 3.46. The van der Waals surface area contributed by atoms with Crippen molar-refractivity contribution in [2.75, 3.05) is 19.1 Å². The van der Waals surface area contributed by atoms with Crippen LogP contribution in [0.1, 0.15) is 34.6 Å². The number of anilines is 1. The summed E-state index contributed by atoms with van der Waals surface area (Å²) in [6.45, 7) is 2.04. The van der Waals surface area contributed by atoms with Gasteiger partial charge in [0.15, 0.2) is 23.0 Å². The van der Waals surface area contributed by atoms with Crippen molar-refractivity contribution in [3.8, 4) is 11.5 Å². The van der Waals surface area contributed by atoms with Crippen molar-refractivity contribution in [3.05, 3.63) is 100.0 Å². The Balaban J connectivity index is 1.65. The molecule has 1 unspecified atom stereocenters. The molecule has 0 saturated heterocycles. The number of fused-ring (bicyclic) bond motifs is 1. The number of hydrogen-bond acceptors (Lipinski definition) is 6. The molecule has 1 amide bonds. The summed E-state index contributed by atoms with van der Waals surface area (Å²) in [4.78, 5) is 28.7. The first kappa shape index (κ1) is 24.5. The summed E-state index contributed by atoms with van der Waals surface area (Å²) in [6, 6.07) is 18.2. The Bertz CT molecular complexity index is 1550. The van der Waals surface area contributed by atoms with Crippen LogP contribution in [0.25, 0.3) is 11.0 Å². The lowest BCUT2D eigenvalue weighted by molar-refractivity contribution is -0.117. The summed E-state index contributed by atoms with van der Waals surface area (Å²) < 4.78 is 16.5. The standard InChI is InChI=1S/C29H24ClNO6/c1-4-16-5-7-17(8-6-16)26-25(27(32)24-14-18-13-19(30)9-11-21(18)37-24)28(33)29(34)31(26)20-10-12-22(35-2)23(15-20)36-3/h5-15,26,33H,4H2,1-3H3.